The molecule has 0 aromatic heterocycles. The van der Waals surface area contributed by atoms with Crippen LogP contribution < -0.4 is 31.3 Å². The van der Waals surface area contributed by atoms with Gasteiger partial charge in [-0.15, -0.1) is 0 Å². The molecule has 7 rings (SSSR count). The third-order valence-electron chi connectivity index (χ3n) is 10.2. The minimum atomic E-state index is -1.81. The van der Waals surface area contributed by atoms with Gasteiger partial charge >= 0.3 is 5.97 Å². The molecule has 0 spiro atoms. The quantitative estimate of drug-likeness (QED) is 0.109. The fourth-order valence-corrected chi connectivity index (χ4v) is 6.94. The third kappa shape index (κ3) is 12.3. The van der Waals surface area contributed by atoms with Gasteiger partial charge in [0.25, 0.3) is 5.91 Å². The lowest BCUT2D eigenvalue weighted by atomic mass is 9.98. The average Bonchev–Trinajstić information content (AvgIpc) is 3.26. The fraction of sp³-hybridized carbons (Fsp3) is 0.234. The van der Waals surface area contributed by atoms with E-state index >= 15 is 0 Å². The number of carboxylic acid groups (broad SMARTS) is 1. The van der Waals surface area contributed by atoms with Crippen LogP contribution in [0.15, 0.2) is 133 Å². The van der Waals surface area contributed by atoms with Gasteiger partial charge in [-0.3, -0.25) is 24.0 Å². The number of rotatable bonds is 9. The Morgan fingerprint density at radius 3 is 1.70 bits per heavy atom. The van der Waals surface area contributed by atoms with Gasteiger partial charge in [0, 0.05) is 31.4 Å². The largest absolute Gasteiger partial charge is 0.497 e. The number of hydrogen-bond acceptors (Lipinski definition) is 8. The molecule has 2 bridgehead atoms. The predicted octanol–water partition coefficient (Wildman–Crippen LogP) is 3.36. The lowest BCUT2D eigenvalue weighted by molar-refractivity contribution is -0.142. The number of hydrogen-bond donors (Lipinski definition) is 7. The standard InChI is InChI=1S/C47H47N5O9/c1-61-36-14-8-11-32(23-36)27-37-43(55)50-39(25-30-15-19-34(20-16-30)33-12-6-3-7-13-33)44(56)51-38(24-29-9-4-2-5-10-29)45(57)52-40(47(59)60)26-31-17-21-35(22-18-31)48-46(58)41(53)28-42(54)49-37/h2-23,37-41,53H,24-28H2,1H3,(H,48,58)(H,49,54)(H,50,55)(H,51,56)(H,52,57)(H,59,60)/t37-,38-,39+,40+,41-/m1/s1. The first-order valence-corrected chi connectivity index (χ1v) is 19.8. The number of carboxylic acids is 1. The topological polar surface area (TPSA) is 212 Å². The third-order valence-corrected chi connectivity index (χ3v) is 10.2. The van der Waals surface area contributed by atoms with Gasteiger partial charge in [-0.05, 0) is 57.6 Å². The number of aliphatic hydroxyl groups is 1. The van der Waals surface area contributed by atoms with E-state index in [4.69, 9.17) is 4.74 Å². The van der Waals surface area contributed by atoms with E-state index in [-0.39, 0.29) is 31.4 Å². The van der Waals surface area contributed by atoms with Crippen molar-refractivity contribution >= 4 is 41.2 Å². The van der Waals surface area contributed by atoms with Crippen LogP contribution in [0.2, 0.25) is 0 Å². The average molecular weight is 826 g/mol. The summed E-state index contributed by atoms with van der Waals surface area (Å²) in [7, 11) is 1.49. The summed E-state index contributed by atoms with van der Waals surface area (Å²) in [5, 5.41) is 34.2. The van der Waals surface area contributed by atoms with Gasteiger partial charge < -0.3 is 41.5 Å². The number of aliphatic carboxylic acids is 1. The van der Waals surface area contributed by atoms with Crippen LogP contribution in [-0.2, 0) is 54.5 Å². The number of nitrogens with one attached hydrogen (secondary N) is 5. The first-order valence-electron chi connectivity index (χ1n) is 19.8. The molecule has 0 unspecified atom stereocenters. The zero-order chi connectivity index (χ0) is 43.3. The maximum atomic E-state index is 14.5. The molecule has 2 heterocycles. The van der Waals surface area contributed by atoms with Crippen molar-refractivity contribution in [3.8, 4) is 16.9 Å². The van der Waals surface area contributed by atoms with Crippen LogP contribution in [0, 0.1) is 0 Å². The number of anilines is 1. The van der Waals surface area contributed by atoms with Crippen LogP contribution in [0.3, 0.4) is 0 Å². The molecule has 0 aliphatic carbocycles. The highest BCUT2D eigenvalue weighted by Gasteiger charge is 2.33. The summed E-state index contributed by atoms with van der Waals surface area (Å²) < 4.78 is 5.36. The maximum absolute atomic E-state index is 14.5. The van der Waals surface area contributed by atoms with Crippen molar-refractivity contribution in [1.29, 1.82) is 0 Å². The molecule has 5 atom stereocenters. The maximum Gasteiger partial charge on any atom is 0.326 e. The molecule has 0 fully saturated rings. The second-order valence-electron chi connectivity index (χ2n) is 14.8. The van der Waals surface area contributed by atoms with Crippen molar-refractivity contribution in [2.24, 2.45) is 0 Å². The SMILES string of the molecule is COc1cccc(C[C@H]2NC(=O)C[C@@H](O)C(=O)Nc3ccc(cc3)C[C@@H](C(=O)O)NC(=O)[C@@H](Cc3ccccc3)NC(=O)[C@H](Cc3ccc(-c4ccccc4)cc3)NC2=O)c1. The summed E-state index contributed by atoms with van der Waals surface area (Å²) in [6.45, 7) is 0. The van der Waals surface area contributed by atoms with Crippen LogP contribution in [0.5, 0.6) is 5.75 Å². The molecular formula is C47H47N5O9. The van der Waals surface area contributed by atoms with Crippen LogP contribution in [0.4, 0.5) is 5.69 Å². The highest BCUT2D eigenvalue weighted by Crippen LogP contribution is 2.21. The number of amides is 5. The van der Waals surface area contributed by atoms with E-state index in [9.17, 15) is 39.0 Å². The highest BCUT2D eigenvalue weighted by atomic mass is 16.5. The van der Waals surface area contributed by atoms with Crippen molar-refractivity contribution in [3.05, 3.63) is 156 Å². The van der Waals surface area contributed by atoms with Gasteiger partial charge in [-0.1, -0.05) is 109 Å². The van der Waals surface area contributed by atoms with Gasteiger partial charge in [0.15, 0.2) is 0 Å². The molecule has 2 aliphatic heterocycles. The molecule has 7 N–H and O–H groups in total. The number of ether oxygens (including phenoxy) is 1. The van der Waals surface area contributed by atoms with Gasteiger partial charge in [-0.2, -0.15) is 0 Å². The number of aliphatic hydroxyl groups excluding tert-OH is 1. The number of methoxy groups -OCH3 is 1. The number of carbonyl (C=O) groups excluding carboxylic acids is 5. The Labute approximate surface area is 352 Å². The summed E-state index contributed by atoms with van der Waals surface area (Å²) in [5.41, 5.74) is 4.60. The van der Waals surface area contributed by atoms with E-state index in [1.54, 1.807) is 66.7 Å². The van der Waals surface area contributed by atoms with Crippen LogP contribution >= 0.6 is 0 Å². The van der Waals surface area contributed by atoms with Crippen LogP contribution in [-0.4, -0.2) is 83.1 Å². The molecule has 14 nitrogen and oxygen atoms in total. The molecule has 0 saturated heterocycles. The number of fused-ring (bicyclic) bond motifs is 18. The van der Waals surface area contributed by atoms with Crippen molar-refractivity contribution < 1.29 is 43.7 Å². The minimum Gasteiger partial charge on any atom is -0.497 e. The Morgan fingerprint density at radius 1 is 0.574 bits per heavy atom. The summed E-state index contributed by atoms with van der Waals surface area (Å²) in [5.74, 6) is -4.81. The Balaban J connectivity index is 1.37. The van der Waals surface area contributed by atoms with E-state index in [1.807, 2.05) is 54.6 Å². The predicted molar refractivity (Wildman–Crippen MR) is 227 cm³/mol. The Kier molecular flexibility index (Phi) is 14.6. The molecule has 2 aliphatic rings. The fourth-order valence-electron chi connectivity index (χ4n) is 6.94. The molecule has 5 aromatic carbocycles. The summed E-state index contributed by atoms with van der Waals surface area (Å²) in [6.07, 6.45) is -2.77. The second-order valence-corrected chi connectivity index (χ2v) is 14.8. The lowest BCUT2D eigenvalue weighted by Crippen LogP contribution is -2.59. The molecule has 0 saturated carbocycles. The Hall–Kier alpha value is -7.32. The number of benzene rings is 5. The van der Waals surface area contributed by atoms with E-state index in [0.717, 1.165) is 11.1 Å². The molecule has 314 valence electrons. The first-order chi connectivity index (χ1) is 29.4. The first kappa shape index (κ1) is 43.3. The van der Waals surface area contributed by atoms with Gasteiger partial charge in [0.05, 0.1) is 13.5 Å². The van der Waals surface area contributed by atoms with Crippen molar-refractivity contribution in [3.63, 3.8) is 0 Å². The van der Waals surface area contributed by atoms with Crippen molar-refractivity contribution in [1.82, 2.24) is 21.3 Å². The molecule has 14 heteroatoms. The van der Waals surface area contributed by atoms with E-state index < -0.39 is 72.2 Å². The van der Waals surface area contributed by atoms with E-state index in [0.29, 0.717) is 28.0 Å². The van der Waals surface area contributed by atoms with Crippen molar-refractivity contribution in [2.45, 2.75) is 62.4 Å². The second kappa shape index (κ2) is 20.6. The van der Waals surface area contributed by atoms with Gasteiger partial charge in [-0.25, -0.2) is 4.79 Å². The smallest absolute Gasteiger partial charge is 0.326 e. The summed E-state index contributed by atoms with van der Waals surface area (Å²) >= 11 is 0. The summed E-state index contributed by atoms with van der Waals surface area (Å²) in [4.78, 5) is 81.8. The molecule has 5 aromatic rings. The molecular weight excluding hydrogens is 779 g/mol. The Morgan fingerprint density at radius 2 is 1.10 bits per heavy atom. The van der Waals surface area contributed by atoms with E-state index in [2.05, 4.69) is 26.6 Å². The van der Waals surface area contributed by atoms with Crippen molar-refractivity contribution in [2.75, 3.05) is 12.4 Å². The van der Waals surface area contributed by atoms with Crippen LogP contribution in [0.25, 0.3) is 11.1 Å². The molecule has 61 heavy (non-hydrogen) atoms. The van der Waals surface area contributed by atoms with Crippen LogP contribution in [0.1, 0.15) is 28.7 Å². The minimum absolute atomic E-state index is 0.0115. The zero-order valence-corrected chi connectivity index (χ0v) is 33.4. The van der Waals surface area contributed by atoms with Gasteiger partial charge in [0.1, 0.15) is 36.0 Å². The highest BCUT2D eigenvalue weighted by molar-refractivity contribution is 5.98. The van der Waals surface area contributed by atoms with Gasteiger partial charge in [0.2, 0.25) is 23.6 Å². The van der Waals surface area contributed by atoms with E-state index in [1.165, 1.54) is 19.2 Å². The molecule has 0 radical (unpaired) electrons. The normalized spacial score (nSPS) is 20.5. The Bertz CT molecular complexity index is 2320. The molecule has 5 amide bonds. The summed E-state index contributed by atoms with van der Waals surface area (Å²) in [6, 6.07) is 33.6. The zero-order valence-electron chi connectivity index (χ0n) is 33.4. The number of carbonyl (C=O) groups is 6. The lowest BCUT2D eigenvalue weighted by Gasteiger charge is -2.26. The monoisotopic (exact) mass is 825 g/mol.